The van der Waals surface area contributed by atoms with E-state index >= 15 is 0 Å². The Bertz CT molecular complexity index is 1500. The van der Waals surface area contributed by atoms with E-state index in [4.69, 9.17) is 0 Å². The first kappa shape index (κ1) is 21.7. The van der Waals surface area contributed by atoms with Crippen LogP contribution in [0.4, 0.5) is 5.82 Å². The van der Waals surface area contributed by atoms with Crippen LogP contribution in [0.3, 0.4) is 0 Å². The predicted octanol–water partition coefficient (Wildman–Crippen LogP) is 4.01. The minimum absolute atomic E-state index is 0.0686. The average molecular weight is 484 g/mol. The van der Waals surface area contributed by atoms with Crippen LogP contribution in [-0.4, -0.2) is 61.9 Å². The van der Waals surface area contributed by atoms with Crippen LogP contribution in [0.25, 0.3) is 21.3 Å². The van der Waals surface area contributed by atoms with Crippen molar-refractivity contribution in [2.75, 3.05) is 31.1 Å². The van der Waals surface area contributed by atoms with Crippen LogP contribution in [0.5, 0.6) is 0 Å². The third-order valence-corrected chi connectivity index (χ3v) is 7.72. The summed E-state index contributed by atoms with van der Waals surface area (Å²) in [4.78, 5) is 28.7. The van der Waals surface area contributed by atoms with E-state index in [-0.39, 0.29) is 5.91 Å². The molecule has 0 bridgehead atoms. The van der Waals surface area contributed by atoms with Crippen LogP contribution in [0.2, 0.25) is 0 Å². The fourth-order valence-electron chi connectivity index (χ4n) is 4.58. The zero-order chi connectivity index (χ0) is 23.8. The summed E-state index contributed by atoms with van der Waals surface area (Å²) in [6.07, 6.45) is 2.64. The standard InChI is InChI=1S/C26H25N7OS/c1-2-20-15-21-24(27-17-28-25(21)35-20)31-11-13-32(14-12-31)26(34)19-9-7-18(8-10-19)16-33-23-6-4-3-5-22(23)29-30-33/h3-10,15,17H,2,11-14,16H2,1H3. The van der Waals surface area contributed by atoms with Gasteiger partial charge in [0.05, 0.1) is 17.4 Å². The molecule has 1 fully saturated rings. The van der Waals surface area contributed by atoms with Gasteiger partial charge in [-0.25, -0.2) is 14.6 Å². The maximum absolute atomic E-state index is 13.2. The molecule has 176 valence electrons. The number of aromatic nitrogens is 5. The Balaban J connectivity index is 1.12. The number of amides is 1. The molecule has 35 heavy (non-hydrogen) atoms. The molecule has 0 aliphatic carbocycles. The zero-order valence-corrected chi connectivity index (χ0v) is 20.3. The molecule has 6 rings (SSSR count). The minimum Gasteiger partial charge on any atom is -0.352 e. The van der Waals surface area contributed by atoms with Gasteiger partial charge in [0, 0.05) is 36.6 Å². The van der Waals surface area contributed by atoms with Crippen LogP contribution in [-0.2, 0) is 13.0 Å². The van der Waals surface area contributed by atoms with Crippen LogP contribution < -0.4 is 4.90 Å². The second-order valence-corrected chi connectivity index (χ2v) is 9.81. The van der Waals surface area contributed by atoms with Crippen molar-refractivity contribution in [3.05, 3.63) is 76.9 Å². The lowest BCUT2D eigenvalue weighted by Crippen LogP contribution is -2.49. The third kappa shape index (κ3) is 4.12. The highest BCUT2D eigenvalue weighted by Crippen LogP contribution is 2.31. The van der Waals surface area contributed by atoms with Gasteiger partial charge in [-0.3, -0.25) is 4.79 Å². The molecule has 1 aliphatic heterocycles. The van der Waals surface area contributed by atoms with E-state index in [2.05, 4.69) is 38.2 Å². The van der Waals surface area contributed by atoms with E-state index in [1.54, 1.807) is 17.7 Å². The smallest absolute Gasteiger partial charge is 0.253 e. The predicted molar refractivity (Wildman–Crippen MR) is 138 cm³/mol. The largest absolute Gasteiger partial charge is 0.352 e. The molecule has 0 spiro atoms. The average Bonchev–Trinajstić information content (AvgIpc) is 3.53. The van der Waals surface area contributed by atoms with Crippen molar-refractivity contribution in [1.29, 1.82) is 0 Å². The van der Waals surface area contributed by atoms with Crippen molar-refractivity contribution in [3.8, 4) is 0 Å². The molecule has 0 unspecified atom stereocenters. The van der Waals surface area contributed by atoms with Gasteiger partial charge in [0.2, 0.25) is 0 Å². The van der Waals surface area contributed by atoms with E-state index in [0.29, 0.717) is 25.2 Å². The lowest BCUT2D eigenvalue weighted by Gasteiger charge is -2.35. The van der Waals surface area contributed by atoms with Gasteiger partial charge < -0.3 is 9.80 Å². The fraction of sp³-hybridized carbons (Fsp3) is 0.269. The Morgan fingerprint density at radius 3 is 2.60 bits per heavy atom. The number of fused-ring (bicyclic) bond motifs is 2. The van der Waals surface area contributed by atoms with Gasteiger partial charge in [-0.2, -0.15) is 0 Å². The molecule has 3 aromatic heterocycles. The van der Waals surface area contributed by atoms with Crippen LogP contribution in [0.15, 0.2) is 60.9 Å². The Labute approximate surface area is 206 Å². The van der Waals surface area contributed by atoms with Gasteiger partial charge >= 0.3 is 0 Å². The lowest BCUT2D eigenvalue weighted by molar-refractivity contribution is 0.0746. The first-order valence-corrected chi connectivity index (χ1v) is 12.7. The number of carbonyl (C=O) groups is 1. The van der Waals surface area contributed by atoms with Crippen molar-refractivity contribution in [2.24, 2.45) is 0 Å². The van der Waals surface area contributed by atoms with Crippen molar-refractivity contribution in [3.63, 3.8) is 0 Å². The van der Waals surface area contributed by atoms with Crippen LogP contribution in [0.1, 0.15) is 27.7 Å². The number of nitrogens with zero attached hydrogens (tertiary/aromatic N) is 7. The molecule has 0 N–H and O–H groups in total. The first-order valence-electron chi connectivity index (χ1n) is 11.8. The zero-order valence-electron chi connectivity index (χ0n) is 19.5. The summed E-state index contributed by atoms with van der Waals surface area (Å²) in [6.45, 7) is 5.62. The van der Waals surface area contributed by atoms with Gasteiger partial charge in [-0.1, -0.05) is 36.4 Å². The maximum Gasteiger partial charge on any atom is 0.253 e. The van der Waals surface area contributed by atoms with E-state index in [9.17, 15) is 4.79 Å². The summed E-state index contributed by atoms with van der Waals surface area (Å²) in [5.41, 5.74) is 3.67. The number of aryl methyl sites for hydroxylation is 1. The Morgan fingerprint density at radius 2 is 1.80 bits per heavy atom. The summed E-state index contributed by atoms with van der Waals surface area (Å²) in [6, 6.07) is 17.9. The molecule has 0 atom stereocenters. The van der Waals surface area contributed by atoms with Gasteiger partial charge in [-0.05, 0) is 42.3 Å². The Morgan fingerprint density at radius 1 is 1.00 bits per heavy atom. The summed E-state index contributed by atoms with van der Waals surface area (Å²) in [7, 11) is 0. The number of hydrogen-bond acceptors (Lipinski definition) is 7. The van der Waals surface area contributed by atoms with E-state index in [0.717, 1.165) is 52.1 Å². The summed E-state index contributed by atoms with van der Waals surface area (Å²) < 4.78 is 1.88. The number of rotatable bonds is 5. The molecule has 9 heteroatoms. The van der Waals surface area contributed by atoms with Crippen LogP contribution in [0, 0.1) is 0 Å². The Kier molecular flexibility index (Phi) is 5.61. The highest BCUT2D eigenvalue weighted by Gasteiger charge is 2.24. The molecule has 1 saturated heterocycles. The quantitative estimate of drug-likeness (QED) is 0.376. The number of benzene rings is 2. The molecule has 0 saturated carbocycles. The van der Waals surface area contributed by atoms with Gasteiger partial charge in [-0.15, -0.1) is 16.4 Å². The molecule has 5 aromatic rings. The van der Waals surface area contributed by atoms with Crippen LogP contribution >= 0.6 is 11.3 Å². The number of carbonyl (C=O) groups excluding carboxylic acids is 1. The van der Waals surface area contributed by atoms with Crippen molar-refractivity contribution in [2.45, 2.75) is 19.9 Å². The van der Waals surface area contributed by atoms with Crippen molar-refractivity contribution in [1.82, 2.24) is 29.9 Å². The highest BCUT2D eigenvalue weighted by molar-refractivity contribution is 7.18. The van der Waals surface area contributed by atoms with Gasteiger partial charge in [0.15, 0.2) is 0 Å². The Hall–Kier alpha value is -3.85. The summed E-state index contributed by atoms with van der Waals surface area (Å²) in [5.74, 6) is 1.04. The number of anilines is 1. The lowest BCUT2D eigenvalue weighted by atomic mass is 10.1. The molecule has 2 aromatic carbocycles. The van der Waals surface area contributed by atoms with Crippen molar-refractivity contribution >= 4 is 44.3 Å². The molecule has 1 amide bonds. The molecule has 4 heterocycles. The minimum atomic E-state index is 0.0686. The van der Waals surface area contributed by atoms with E-state index < -0.39 is 0 Å². The van der Waals surface area contributed by atoms with E-state index in [1.165, 1.54) is 4.88 Å². The second kappa shape index (κ2) is 9.07. The third-order valence-electron chi connectivity index (χ3n) is 6.53. The normalized spacial score (nSPS) is 14.2. The summed E-state index contributed by atoms with van der Waals surface area (Å²) >= 11 is 1.73. The number of piperazine rings is 1. The number of hydrogen-bond donors (Lipinski definition) is 0. The SMILES string of the molecule is CCc1cc2c(N3CCN(C(=O)c4ccc(Cn5nnc6ccccc65)cc4)CC3)ncnc2s1. The topological polar surface area (TPSA) is 80.0 Å². The maximum atomic E-state index is 13.2. The number of para-hydroxylation sites is 1. The molecular weight excluding hydrogens is 458 g/mol. The van der Waals surface area contributed by atoms with Gasteiger partial charge in [0.1, 0.15) is 22.5 Å². The first-order chi connectivity index (χ1) is 17.2. The molecule has 8 nitrogen and oxygen atoms in total. The molecule has 0 radical (unpaired) electrons. The van der Waals surface area contributed by atoms with Crippen molar-refractivity contribution < 1.29 is 4.79 Å². The molecular formula is C26H25N7OS. The monoisotopic (exact) mass is 483 g/mol. The highest BCUT2D eigenvalue weighted by atomic mass is 32.1. The number of thiophene rings is 1. The summed E-state index contributed by atoms with van der Waals surface area (Å²) in [5, 5.41) is 9.59. The van der Waals surface area contributed by atoms with Gasteiger partial charge in [0.25, 0.3) is 5.91 Å². The fourth-order valence-corrected chi connectivity index (χ4v) is 5.51. The second-order valence-electron chi connectivity index (χ2n) is 8.69. The molecule has 1 aliphatic rings. The van der Waals surface area contributed by atoms with E-state index in [1.807, 2.05) is 58.1 Å².